The van der Waals surface area contributed by atoms with Crippen molar-refractivity contribution in [3.63, 3.8) is 0 Å². The highest BCUT2D eigenvalue weighted by molar-refractivity contribution is 5.49. The van der Waals surface area contributed by atoms with Crippen molar-refractivity contribution < 1.29 is 0 Å². The van der Waals surface area contributed by atoms with Crippen molar-refractivity contribution in [1.82, 2.24) is 9.97 Å². The molecule has 1 aliphatic heterocycles. The molecule has 1 aliphatic rings. The third-order valence-corrected chi connectivity index (χ3v) is 4.70. The predicted octanol–water partition coefficient (Wildman–Crippen LogP) is 2.48. The van der Waals surface area contributed by atoms with Gasteiger partial charge in [-0.25, -0.2) is 10.8 Å². The number of anilines is 2. The van der Waals surface area contributed by atoms with Crippen LogP contribution in [-0.2, 0) is 0 Å². The summed E-state index contributed by atoms with van der Waals surface area (Å²) in [5, 5.41) is 0. The average molecular weight is 263 g/mol. The topological polar surface area (TPSA) is 67.1 Å². The van der Waals surface area contributed by atoms with Crippen molar-refractivity contribution in [2.75, 3.05) is 23.4 Å². The van der Waals surface area contributed by atoms with E-state index >= 15 is 0 Å². The van der Waals surface area contributed by atoms with Crippen LogP contribution in [0.2, 0.25) is 0 Å². The maximum atomic E-state index is 5.39. The van der Waals surface area contributed by atoms with Crippen molar-refractivity contribution in [3.8, 4) is 0 Å². The van der Waals surface area contributed by atoms with Crippen LogP contribution in [0.25, 0.3) is 0 Å². The molecule has 0 amide bonds. The van der Waals surface area contributed by atoms with Crippen molar-refractivity contribution in [2.24, 2.45) is 11.3 Å². The van der Waals surface area contributed by atoms with Crippen LogP contribution in [0.5, 0.6) is 0 Å². The molecule has 5 heteroatoms. The highest BCUT2D eigenvalue weighted by atomic mass is 15.3. The van der Waals surface area contributed by atoms with Crippen LogP contribution < -0.4 is 16.2 Å². The van der Waals surface area contributed by atoms with Gasteiger partial charge in [-0.2, -0.15) is 4.98 Å². The van der Waals surface area contributed by atoms with E-state index in [0.29, 0.717) is 11.4 Å². The van der Waals surface area contributed by atoms with Crippen LogP contribution in [0.4, 0.5) is 11.8 Å². The first-order valence-electron chi connectivity index (χ1n) is 7.19. The molecule has 0 aromatic carbocycles. The van der Waals surface area contributed by atoms with Gasteiger partial charge in [0.05, 0.1) is 0 Å². The Balaban J connectivity index is 2.13. The summed E-state index contributed by atoms with van der Waals surface area (Å²) in [6.07, 6.45) is 6.87. The van der Waals surface area contributed by atoms with Crippen LogP contribution in [0.15, 0.2) is 6.20 Å². The number of nitrogens with one attached hydrogen (secondary N) is 1. The molecule has 1 fully saturated rings. The molecule has 0 unspecified atom stereocenters. The van der Waals surface area contributed by atoms with E-state index in [0.717, 1.165) is 24.5 Å². The number of nitrogens with zero attached hydrogens (tertiary/aromatic N) is 3. The Kier molecular flexibility index (Phi) is 4.24. The minimum Gasteiger partial charge on any atom is -0.356 e. The van der Waals surface area contributed by atoms with E-state index in [4.69, 9.17) is 5.84 Å². The summed E-state index contributed by atoms with van der Waals surface area (Å²) < 4.78 is 0. The second-order valence-corrected chi connectivity index (χ2v) is 5.54. The summed E-state index contributed by atoms with van der Waals surface area (Å²) in [5.41, 5.74) is 4.17. The van der Waals surface area contributed by atoms with Crippen LogP contribution in [0, 0.1) is 12.3 Å². The molecule has 0 saturated carbocycles. The van der Waals surface area contributed by atoms with E-state index in [1.165, 1.54) is 25.7 Å². The Morgan fingerprint density at radius 2 is 1.95 bits per heavy atom. The molecule has 1 aromatic heterocycles. The minimum atomic E-state index is 0.489. The maximum absolute atomic E-state index is 5.39. The van der Waals surface area contributed by atoms with Gasteiger partial charge < -0.3 is 4.90 Å². The highest BCUT2D eigenvalue weighted by Crippen LogP contribution is 2.39. The Morgan fingerprint density at radius 3 is 2.47 bits per heavy atom. The number of hydrogen-bond donors (Lipinski definition) is 2. The molecule has 0 spiro atoms. The van der Waals surface area contributed by atoms with Gasteiger partial charge >= 0.3 is 0 Å². The summed E-state index contributed by atoms with van der Waals surface area (Å²) in [5.74, 6) is 6.90. The molecule has 1 aromatic rings. The Labute approximate surface area is 115 Å². The first-order valence-corrected chi connectivity index (χ1v) is 7.19. The van der Waals surface area contributed by atoms with E-state index in [1.54, 1.807) is 0 Å². The number of rotatable bonds is 4. The third-order valence-electron chi connectivity index (χ3n) is 4.70. The molecule has 2 heterocycles. The fourth-order valence-electron chi connectivity index (χ4n) is 2.97. The van der Waals surface area contributed by atoms with E-state index in [1.807, 2.05) is 6.20 Å². The summed E-state index contributed by atoms with van der Waals surface area (Å²) >= 11 is 0. The number of hydrazine groups is 1. The van der Waals surface area contributed by atoms with Gasteiger partial charge in [0.15, 0.2) is 0 Å². The van der Waals surface area contributed by atoms with E-state index in [9.17, 15) is 0 Å². The minimum absolute atomic E-state index is 0.489. The zero-order valence-corrected chi connectivity index (χ0v) is 12.2. The zero-order chi connectivity index (χ0) is 13.9. The first kappa shape index (κ1) is 14.1. The molecule has 19 heavy (non-hydrogen) atoms. The van der Waals surface area contributed by atoms with Gasteiger partial charge in [0.25, 0.3) is 0 Å². The molecule has 5 nitrogen and oxygen atoms in total. The molecule has 1 saturated heterocycles. The van der Waals surface area contributed by atoms with Crippen molar-refractivity contribution in [1.29, 1.82) is 0 Å². The lowest BCUT2D eigenvalue weighted by atomic mass is 9.74. The van der Waals surface area contributed by atoms with Gasteiger partial charge in [0, 0.05) is 24.8 Å². The average Bonchev–Trinajstić information content (AvgIpc) is 2.48. The number of piperidine rings is 1. The highest BCUT2D eigenvalue weighted by Gasteiger charge is 2.32. The van der Waals surface area contributed by atoms with E-state index in [2.05, 4.69) is 41.1 Å². The van der Waals surface area contributed by atoms with Crippen LogP contribution in [-0.4, -0.2) is 23.1 Å². The largest absolute Gasteiger partial charge is 0.356 e. The fraction of sp³-hybridized carbons (Fsp3) is 0.714. The van der Waals surface area contributed by atoms with Gasteiger partial charge in [0.2, 0.25) is 5.95 Å². The molecule has 0 aliphatic carbocycles. The standard InChI is InChI=1S/C14H25N5/c1-4-14(5-2)6-8-19(9-7-14)12-11(3)10-16-13(17-12)18-15/h10H,4-9,15H2,1-3H3,(H,16,17,18). The van der Waals surface area contributed by atoms with Crippen molar-refractivity contribution in [2.45, 2.75) is 46.5 Å². The zero-order valence-electron chi connectivity index (χ0n) is 12.2. The second-order valence-electron chi connectivity index (χ2n) is 5.54. The SMILES string of the molecule is CCC1(CC)CCN(c2nc(NN)ncc2C)CC1. The van der Waals surface area contributed by atoms with Gasteiger partial charge in [-0.3, -0.25) is 5.43 Å². The smallest absolute Gasteiger partial charge is 0.239 e. The molecule has 106 valence electrons. The second kappa shape index (κ2) is 5.74. The number of nitrogens with two attached hydrogens (primary N) is 1. The maximum Gasteiger partial charge on any atom is 0.239 e. The third kappa shape index (κ3) is 2.81. The summed E-state index contributed by atoms with van der Waals surface area (Å²) in [6.45, 7) is 8.82. The lowest BCUT2D eigenvalue weighted by Crippen LogP contribution is -2.40. The van der Waals surface area contributed by atoms with E-state index in [-0.39, 0.29) is 0 Å². The van der Waals surface area contributed by atoms with Gasteiger partial charge in [0.1, 0.15) is 5.82 Å². The quantitative estimate of drug-likeness (QED) is 0.645. The molecular weight excluding hydrogens is 238 g/mol. The molecule has 0 radical (unpaired) electrons. The molecule has 0 atom stereocenters. The number of nitrogen functional groups attached to an aromatic ring is 1. The normalized spacial score (nSPS) is 18.4. The molecule has 3 N–H and O–H groups in total. The first-order chi connectivity index (χ1) is 9.14. The van der Waals surface area contributed by atoms with Gasteiger partial charge in [-0.1, -0.05) is 26.7 Å². The lowest BCUT2D eigenvalue weighted by Gasteiger charge is -2.41. The number of aryl methyl sites for hydroxylation is 1. The number of aromatic nitrogens is 2. The Bertz CT molecular complexity index is 418. The molecular formula is C14H25N5. The van der Waals surface area contributed by atoms with Crippen molar-refractivity contribution in [3.05, 3.63) is 11.8 Å². The van der Waals surface area contributed by atoms with Gasteiger partial charge in [-0.15, -0.1) is 0 Å². The molecule has 2 rings (SSSR count). The Hall–Kier alpha value is -1.36. The summed E-state index contributed by atoms with van der Waals surface area (Å²) in [7, 11) is 0. The van der Waals surface area contributed by atoms with Gasteiger partial charge in [-0.05, 0) is 25.2 Å². The Morgan fingerprint density at radius 1 is 1.32 bits per heavy atom. The fourth-order valence-corrected chi connectivity index (χ4v) is 2.97. The van der Waals surface area contributed by atoms with Crippen molar-refractivity contribution >= 4 is 11.8 Å². The predicted molar refractivity (Wildman–Crippen MR) is 79.0 cm³/mol. The molecule has 0 bridgehead atoms. The number of hydrogen-bond acceptors (Lipinski definition) is 5. The summed E-state index contributed by atoms with van der Waals surface area (Å²) in [4.78, 5) is 11.0. The lowest BCUT2D eigenvalue weighted by molar-refractivity contribution is 0.199. The summed E-state index contributed by atoms with van der Waals surface area (Å²) in [6, 6.07) is 0. The van der Waals surface area contributed by atoms with Crippen LogP contribution >= 0.6 is 0 Å². The van der Waals surface area contributed by atoms with E-state index < -0.39 is 0 Å². The monoisotopic (exact) mass is 263 g/mol. The van der Waals surface area contributed by atoms with Crippen LogP contribution in [0.3, 0.4) is 0 Å². The van der Waals surface area contributed by atoms with Crippen LogP contribution in [0.1, 0.15) is 45.1 Å².